The van der Waals surface area contributed by atoms with Gasteiger partial charge in [0, 0.05) is 29.9 Å². The molecule has 0 aromatic heterocycles. The van der Waals surface area contributed by atoms with Gasteiger partial charge in [-0.2, -0.15) is 0 Å². The van der Waals surface area contributed by atoms with Gasteiger partial charge in [-0.05, 0) is 70.5 Å². The van der Waals surface area contributed by atoms with E-state index in [-0.39, 0.29) is 12.1 Å². The van der Waals surface area contributed by atoms with Crippen molar-refractivity contribution in [1.29, 1.82) is 0 Å². The van der Waals surface area contributed by atoms with Crippen molar-refractivity contribution in [3.8, 4) is 5.75 Å². The van der Waals surface area contributed by atoms with Crippen molar-refractivity contribution in [2.45, 2.75) is 64.8 Å². The van der Waals surface area contributed by atoms with Gasteiger partial charge in [0.1, 0.15) is 17.0 Å². The van der Waals surface area contributed by atoms with Gasteiger partial charge in [-0.25, -0.2) is 9.59 Å². The van der Waals surface area contributed by atoms with E-state index in [4.69, 9.17) is 15.2 Å². The van der Waals surface area contributed by atoms with Crippen LogP contribution in [0.3, 0.4) is 0 Å². The molecule has 1 aliphatic heterocycles. The van der Waals surface area contributed by atoms with Crippen molar-refractivity contribution in [1.82, 2.24) is 5.32 Å². The number of anilines is 2. The number of urea groups is 1. The Morgan fingerprint density at radius 2 is 1.84 bits per heavy atom. The lowest BCUT2D eigenvalue weighted by Crippen LogP contribution is -2.42. The maximum atomic E-state index is 12.7. The predicted molar refractivity (Wildman–Crippen MR) is 125 cm³/mol. The van der Waals surface area contributed by atoms with Crippen LogP contribution in [0.5, 0.6) is 5.75 Å². The summed E-state index contributed by atoms with van der Waals surface area (Å²) in [5.41, 5.74) is 7.55. The third-order valence-corrected chi connectivity index (χ3v) is 4.84. The van der Waals surface area contributed by atoms with Crippen molar-refractivity contribution < 1.29 is 19.1 Å². The van der Waals surface area contributed by atoms with Gasteiger partial charge >= 0.3 is 12.1 Å². The minimum Gasteiger partial charge on any atom is -0.487 e. The van der Waals surface area contributed by atoms with Crippen LogP contribution in [0.4, 0.5) is 21.0 Å². The molecule has 0 saturated carbocycles. The molecule has 2 aromatic carbocycles. The summed E-state index contributed by atoms with van der Waals surface area (Å²) in [4.78, 5) is 24.9. The van der Waals surface area contributed by atoms with E-state index in [2.05, 4.69) is 16.0 Å². The normalized spacial score (nSPS) is 16.9. The molecule has 32 heavy (non-hydrogen) atoms. The zero-order valence-corrected chi connectivity index (χ0v) is 19.2. The predicted octanol–water partition coefficient (Wildman–Crippen LogP) is 4.92. The molecular formula is C24H32N4O4. The quantitative estimate of drug-likeness (QED) is 0.539. The number of hydrogen-bond acceptors (Lipinski definition) is 5. The van der Waals surface area contributed by atoms with Crippen LogP contribution in [-0.4, -0.2) is 23.3 Å². The van der Waals surface area contributed by atoms with Crippen molar-refractivity contribution >= 4 is 23.5 Å². The van der Waals surface area contributed by atoms with Crippen LogP contribution in [-0.2, 0) is 11.3 Å². The molecule has 0 aliphatic carbocycles. The third kappa shape index (κ3) is 6.37. The van der Waals surface area contributed by atoms with Crippen molar-refractivity contribution in [2.24, 2.45) is 5.73 Å². The highest BCUT2D eigenvalue weighted by Crippen LogP contribution is 2.40. The van der Waals surface area contributed by atoms with E-state index >= 15 is 0 Å². The van der Waals surface area contributed by atoms with E-state index < -0.39 is 17.3 Å². The first-order chi connectivity index (χ1) is 14.9. The molecule has 8 nitrogen and oxygen atoms in total. The van der Waals surface area contributed by atoms with Gasteiger partial charge in [0.15, 0.2) is 0 Å². The number of carbonyl (C=O) groups excluding carboxylic acids is 2. The lowest BCUT2D eigenvalue weighted by atomic mass is 9.89. The molecule has 1 aliphatic rings. The minimum atomic E-state index is -0.602. The molecule has 3 rings (SSSR count). The van der Waals surface area contributed by atoms with Gasteiger partial charge in [0.25, 0.3) is 0 Å². The van der Waals surface area contributed by atoms with E-state index in [1.165, 1.54) is 0 Å². The van der Waals surface area contributed by atoms with E-state index in [1.54, 1.807) is 39.0 Å². The van der Waals surface area contributed by atoms with E-state index in [1.807, 2.05) is 38.1 Å². The van der Waals surface area contributed by atoms with E-state index in [9.17, 15) is 9.59 Å². The fraction of sp³-hybridized carbons (Fsp3) is 0.417. The van der Waals surface area contributed by atoms with Gasteiger partial charge in [0.05, 0.1) is 6.04 Å². The number of benzene rings is 2. The highest BCUT2D eigenvalue weighted by atomic mass is 16.6. The number of nitrogens with one attached hydrogen (secondary N) is 3. The van der Waals surface area contributed by atoms with Crippen LogP contribution in [0.2, 0.25) is 0 Å². The Morgan fingerprint density at radius 3 is 2.53 bits per heavy atom. The Labute approximate surface area is 188 Å². The number of carbonyl (C=O) groups is 2. The summed E-state index contributed by atoms with van der Waals surface area (Å²) in [6.07, 6.45) is 0.0168. The Hall–Kier alpha value is -3.26. The maximum Gasteiger partial charge on any atom is 0.412 e. The summed E-state index contributed by atoms with van der Waals surface area (Å²) in [6, 6.07) is 12.1. The van der Waals surface area contributed by atoms with Crippen LogP contribution in [0, 0.1) is 0 Å². The number of rotatable bonds is 4. The van der Waals surface area contributed by atoms with Crippen LogP contribution < -0.4 is 26.4 Å². The molecule has 1 heterocycles. The molecular weight excluding hydrogens is 408 g/mol. The van der Waals surface area contributed by atoms with Crippen LogP contribution in [0.15, 0.2) is 42.5 Å². The SMILES string of the molecule is CC(C)(C)OC(=O)Nc1ccc2c(c1)C(NC(=O)Nc1cccc(CN)c1)CC(C)(C)O2. The number of ether oxygens (including phenoxy) is 2. The summed E-state index contributed by atoms with van der Waals surface area (Å²) in [7, 11) is 0. The minimum absolute atomic E-state index is 0.313. The molecule has 1 atom stereocenters. The molecule has 172 valence electrons. The van der Waals surface area contributed by atoms with E-state index in [0.717, 1.165) is 11.1 Å². The second-order valence-corrected chi connectivity index (χ2v) is 9.50. The lowest BCUT2D eigenvalue weighted by Gasteiger charge is -2.38. The second kappa shape index (κ2) is 9.08. The first-order valence-corrected chi connectivity index (χ1v) is 10.6. The third-order valence-electron chi connectivity index (χ3n) is 4.84. The van der Waals surface area contributed by atoms with Crippen molar-refractivity contribution in [3.05, 3.63) is 53.6 Å². The maximum absolute atomic E-state index is 12.7. The summed E-state index contributed by atoms with van der Waals surface area (Å²) in [5.74, 6) is 0.659. The molecule has 0 spiro atoms. The molecule has 5 N–H and O–H groups in total. The van der Waals surface area contributed by atoms with Crippen LogP contribution in [0.1, 0.15) is 58.2 Å². The lowest BCUT2D eigenvalue weighted by molar-refractivity contribution is 0.0631. The van der Waals surface area contributed by atoms with Gasteiger partial charge < -0.3 is 25.8 Å². The van der Waals surface area contributed by atoms with Gasteiger partial charge in [-0.1, -0.05) is 12.1 Å². The molecule has 2 aromatic rings. The largest absolute Gasteiger partial charge is 0.487 e. The zero-order valence-electron chi connectivity index (χ0n) is 19.2. The number of hydrogen-bond donors (Lipinski definition) is 4. The highest BCUT2D eigenvalue weighted by molar-refractivity contribution is 5.90. The molecule has 0 bridgehead atoms. The fourth-order valence-electron chi connectivity index (χ4n) is 3.58. The van der Waals surface area contributed by atoms with Crippen LogP contribution >= 0.6 is 0 Å². The van der Waals surface area contributed by atoms with Gasteiger partial charge in [-0.3, -0.25) is 5.32 Å². The molecule has 3 amide bonds. The topological polar surface area (TPSA) is 115 Å². The fourth-order valence-corrected chi connectivity index (χ4v) is 3.58. The first-order valence-electron chi connectivity index (χ1n) is 10.6. The summed E-state index contributed by atoms with van der Waals surface area (Å²) >= 11 is 0. The molecule has 0 saturated heterocycles. The smallest absolute Gasteiger partial charge is 0.412 e. The van der Waals surface area contributed by atoms with Crippen molar-refractivity contribution in [3.63, 3.8) is 0 Å². The average Bonchev–Trinajstić information content (AvgIpc) is 2.66. The Bertz CT molecular complexity index is 998. The molecule has 0 fully saturated rings. The van der Waals surface area contributed by atoms with Gasteiger partial charge in [-0.15, -0.1) is 0 Å². The highest BCUT2D eigenvalue weighted by Gasteiger charge is 2.35. The average molecular weight is 441 g/mol. The number of nitrogens with two attached hydrogens (primary N) is 1. The monoisotopic (exact) mass is 440 g/mol. The first kappa shape index (κ1) is 23.4. The number of fused-ring (bicyclic) bond motifs is 1. The number of amides is 3. The van der Waals surface area contributed by atoms with Crippen molar-refractivity contribution in [2.75, 3.05) is 10.6 Å². The zero-order chi connectivity index (χ0) is 23.5. The summed E-state index contributed by atoms with van der Waals surface area (Å²) in [5, 5.41) is 8.63. The van der Waals surface area contributed by atoms with Gasteiger partial charge in [0.2, 0.25) is 0 Å². The Kier molecular flexibility index (Phi) is 6.64. The molecule has 0 radical (unpaired) electrons. The second-order valence-electron chi connectivity index (χ2n) is 9.50. The molecule has 1 unspecified atom stereocenters. The summed E-state index contributed by atoms with van der Waals surface area (Å²) < 4.78 is 11.4. The Morgan fingerprint density at radius 1 is 1.12 bits per heavy atom. The standard InChI is InChI=1S/C24H32N4O4/c1-23(2,3)32-22(30)27-17-9-10-20-18(12-17)19(13-24(4,5)31-20)28-21(29)26-16-8-6-7-15(11-16)14-25/h6-12,19H,13-14,25H2,1-5H3,(H,27,30)(H2,26,28,29). The molecule has 8 heteroatoms. The van der Waals surface area contributed by atoms with Crippen LogP contribution in [0.25, 0.3) is 0 Å². The van der Waals surface area contributed by atoms with E-state index in [0.29, 0.717) is 30.1 Å². The Balaban J connectivity index is 1.77. The summed E-state index contributed by atoms with van der Waals surface area (Å²) in [6.45, 7) is 9.75.